The van der Waals surface area contributed by atoms with Gasteiger partial charge in [-0.1, -0.05) is 19.1 Å². The molecule has 0 spiro atoms. The molecule has 1 atom stereocenters. The molecule has 0 saturated heterocycles. The van der Waals surface area contributed by atoms with Gasteiger partial charge in [-0.2, -0.15) is 4.68 Å². The lowest BCUT2D eigenvalue weighted by atomic mass is 10.2. The van der Waals surface area contributed by atoms with Gasteiger partial charge in [0.1, 0.15) is 12.7 Å². The Labute approximate surface area is 151 Å². The van der Waals surface area contributed by atoms with Gasteiger partial charge in [0.25, 0.3) is 0 Å². The maximum atomic E-state index is 5.94. The third-order valence-corrected chi connectivity index (χ3v) is 4.19. The fourth-order valence-corrected chi connectivity index (χ4v) is 2.80. The van der Waals surface area contributed by atoms with Crippen molar-refractivity contribution >= 4 is 0 Å². The van der Waals surface area contributed by atoms with Crippen LogP contribution in [0.4, 0.5) is 0 Å². The van der Waals surface area contributed by atoms with E-state index < -0.39 is 0 Å². The van der Waals surface area contributed by atoms with Crippen molar-refractivity contribution < 1.29 is 9.47 Å². The molecule has 3 heterocycles. The van der Waals surface area contributed by atoms with Gasteiger partial charge in [0, 0.05) is 12.7 Å². The molecule has 0 amide bonds. The van der Waals surface area contributed by atoms with Gasteiger partial charge in [-0.25, -0.2) is 4.98 Å². The summed E-state index contributed by atoms with van der Waals surface area (Å²) in [5, 5.41) is 15.3. The highest BCUT2D eigenvalue weighted by Gasteiger charge is 2.20. The molecule has 1 N–H and O–H groups in total. The molecule has 0 bridgehead atoms. The topological polar surface area (TPSA) is 87.0 Å². The number of tetrazole rings is 1. The second kappa shape index (κ2) is 7.49. The van der Waals surface area contributed by atoms with Crippen LogP contribution in [0.5, 0.6) is 11.5 Å². The first kappa shape index (κ1) is 16.5. The Balaban J connectivity index is 1.37. The number of hydrogen-bond donors (Lipinski definition) is 1. The lowest BCUT2D eigenvalue weighted by Crippen LogP contribution is -2.38. The van der Waals surface area contributed by atoms with Gasteiger partial charge >= 0.3 is 0 Å². The largest absolute Gasteiger partial charge is 0.486 e. The highest BCUT2D eigenvalue weighted by atomic mass is 16.6. The molecule has 1 unspecified atom stereocenters. The maximum absolute atomic E-state index is 5.94. The lowest BCUT2D eigenvalue weighted by molar-refractivity contribution is 0.0900. The van der Waals surface area contributed by atoms with Crippen LogP contribution in [0, 0.1) is 0 Å². The number of pyridine rings is 1. The molecule has 8 nitrogen and oxygen atoms in total. The van der Waals surface area contributed by atoms with Gasteiger partial charge in [0.15, 0.2) is 23.1 Å². The number of aryl methyl sites for hydroxylation is 1. The van der Waals surface area contributed by atoms with Crippen LogP contribution in [0.3, 0.4) is 0 Å². The zero-order chi connectivity index (χ0) is 17.8. The van der Waals surface area contributed by atoms with Crippen LogP contribution in [0.15, 0.2) is 42.6 Å². The first-order valence-electron chi connectivity index (χ1n) is 8.65. The van der Waals surface area contributed by atoms with E-state index in [9.17, 15) is 0 Å². The van der Waals surface area contributed by atoms with Crippen LogP contribution in [-0.4, -0.2) is 44.4 Å². The van der Waals surface area contributed by atoms with E-state index in [4.69, 9.17) is 9.47 Å². The highest BCUT2D eigenvalue weighted by molar-refractivity contribution is 5.40. The first-order chi connectivity index (χ1) is 12.8. The van der Waals surface area contributed by atoms with Crippen LogP contribution in [0.2, 0.25) is 0 Å². The molecule has 0 radical (unpaired) electrons. The van der Waals surface area contributed by atoms with Crippen molar-refractivity contribution in [3.05, 3.63) is 54.0 Å². The Morgan fingerprint density at radius 2 is 2.12 bits per heavy atom. The van der Waals surface area contributed by atoms with Gasteiger partial charge in [-0.05, 0) is 46.7 Å². The minimum Gasteiger partial charge on any atom is -0.486 e. The Kier molecular flexibility index (Phi) is 4.74. The molecule has 2 aromatic heterocycles. The van der Waals surface area contributed by atoms with Gasteiger partial charge in [0.05, 0.1) is 6.54 Å². The smallest absolute Gasteiger partial charge is 0.172 e. The number of fused-ring (bicyclic) bond motifs is 1. The first-order valence-corrected chi connectivity index (χ1v) is 8.65. The zero-order valence-electron chi connectivity index (χ0n) is 14.5. The molecule has 0 fully saturated rings. The van der Waals surface area contributed by atoms with Crippen molar-refractivity contribution in [2.24, 2.45) is 0 Å². The van der Waals surface area contributed by atoms with Gasteiger partial charge < -0.3 is 14.8 Å². The van der Waals surface area contributed by atoms with Crippen LogP contribution >= 0.6 is 0 Å². The van der Waals surface area contributed by atoms with Crippen LogP contribution < -0.4 is 14.8 Å². The molecule has 1 aliphatic rings. The van der Waals surface area contributed by atoms with E-state index in [0.29, 0.717) is 25.5 Å². The van der Waals surface area contributed by atoms with E-state index in [1.54, 1.807) is 10.9 Å². The number of ether oxygens (including phenoxy) is 2. The zero-order valence-corrected chi connectivity index (χ0v) is 14.5. The summed E-state index contributed by atoms with van der Waals surface area (Å²) in [7, 11) is 0. The van der Waals surface area contributed by atoms with Crippen molar-refractivity contribution in [2.45, 2.75) is 26.0 Å². The molecule has 8 heteroatoms. The molecule has 1 aromatic carbocycles. The van der Waals surface area contributed by atoms with Gasteiger partial charge in [-0.15, -0.1) is 5.10 Å². The normalized spacial score (nSPS) is 15.8. The number of rotatable bonds is 6. The number of para-hydroxylation sites is 2. The summed E-state index contributed by atoms with van der Waals surface area (Å²) in [5.74, 6) is 2.98. The average molecular weight is 352 g/mol. The molecule has 0 saturated carbocycles. The molecule has 1 aliphatic heterocycles. The summed E-state index contributed by atoms with van der Waals surface area (Å²) in [4.78, 5) is 4.36. The third kappa shape index (κ3) is 3.50. The third-order valence-electron chi connectivity index (χ3n) is 4.19. The van der Waals surface area contributed by atoms with Crippen molar-refractivity contribution in [3.8, 4) is 17.3 Å². The minimum atomic E-state index is -0.0595. The number of benzene rings is 1. The summed E-state index contributed by atoms with van der Waals surface area (Å²) < 4.78 is 13.3. The Morgan fingerprint density at radius 1 is 1.23 bits per heavy atom. The van der Waals surface area contributed by atoms with Crippen molar-refractivity contribution in [1.29, 1.82) is 0 Å². The summed E-state index contributed by atoms with van der Waals surface area (Å²) >= 11 is 0. The van der Waals surface area contributed by atoms with E-state index in [1.807, 2.05) is 36.4 Å². The van der Waals surface area contributed by atoms with Gasteiger partial charge in [-0.3, -0.25) is 0 Å². The molecule has 26 heavy (non-hydrogen) atoms. The molecular weight excluding hydrogens is 332 g/mol. The second-order valence-electron chi connectivity index (χ2n) is 6.01. The quantitative estimate of drug-likeness (QED) is 0.720. The van der Waals surface area contributed by atoms with E-state index in [1.165, 1.54) is 5.56 Å². The van der Waals surface area contributed by atoms with Crippen LogP contribution in [0.1, 0.15) is 18.3 Å². The highest BCUT2D eigenvalue weighted by Crippen LogP contribution is 2.30. The second-order valence-corrected chi connectivity index (χ2v) is 6.01. The Morgan fingerprint density at radius 3 is 3.00 bits per heavy atom. The Hall–Kier alpha value is -3.00. The summed E-state index contributed by atoms with van der Waals surface area (Å²) in [6, 6.07) is 11.7. The predicted molar refractivity (Wildman–Crippen MR) is 94.4 cm³/mol. The van der Waals surface area contributed by atoms with E-state index in [-0.39, 0.29) is 6.10 Å². The van der Waals surface area contributed by atoms with E-state index in [0.717, 1.165) is 23.7 Å². The lowest BCUT2D eigenvalue weighted by Gasteiger charge is -2.26. The standard InChI is InChI=1S/C18H20N6O2/c1-2-13-7-8-20-17(9-13)24-18(21-22-23-24)11-19-10-14-12-25-15-5-3-4-6-16(15)26-14/h3-9,14,19H,2,10-12H2,1H3. The van der Waals surface area contributed by atoms with E-state index in [2.05, 4.69) is 32.7 Å². The molecule has 0 aliphatic carbocycles. The van der Waals surface area contributed by atoms with E-state index >= 15 is 0 Å². The maximum Gasteiger partial charge on any atom is 0.172 e. The average Bonchev–Trinajstić information content (AvgIpc) is 3.16. The molecular formula is C18H20N6O2. The SMILES string of the molecule is CCc1ccnc(-n2nnnc2CNCC2COc3ccccc3O2)c1. The van der Waals surface area contributed by atoms with Crippen LogP contribution in [0.25, 0.3) is 5.82 Å². The monoisotopic (exact) mass is 352 g/mol. The Bertz CT molecular complexity index is 881. The molecule has 134 valence electrons. The minimum absolute atomic E-state index is 0.0595. The van der Waals surface area contributed by atoms with Crippen LogP contribution in [-0.2, 0) is 13.0 Å². The van der Waals surface area contributed by atoms with Crippen molar-refractivity contribution in [1.82, 2.24) is 30.5 Å². The number of nitrogens with zero attached hydrogens (tertiary/aromatic N) is 5. The summed E-state index contributed by atoms with van der Waals surface area (Å²) in [6.07, 6.45) is 2.65. The predicted octanol–water partition coefficient (Wildman–Crippen LogP) is 1.55. The number of aromatic nitrogens is 5. The fraction of sp³-hybridized carbons (Fsp3) is 0.333. The number of hydrogen-bond acceptors (Lipinski definition) is 7. The number of nitrogens with one attached hydrogen (secondary N) is 1. The molecule has 4 rings (SSSR count). The van der Waals surface area contributed by atoms with Crippen molar-refractivity contribution in [3.63, 3.8) is 0 Å². The summed E-state index contributed by atoms with van der Waals surface area (Å²) in [5.41, 5.74) is 1.19. The molecule has 3 aromatic rings. The van der Waals surface area contributed by atoms with Crippen molar-refractivity contribution in [2.75, 3.05) is 13.2 Å². The fourth-order valence-electron chi connectivity index (χ4n) is 2.80. The summed E-state index contributed by atoms with van der Waals surface area (Å²) in [6.45, 7) is 3.75. The van der Waals surface area contributed by atoms with Gasteiger partial charge in [0.2, 0.25) is 0 Å².